The van der Waals surface area contributed by atoms with Crippen LogP contribution in [0.3, 0.4) is 0 Å². The van der Waals surface area contributed by atoms with Gasteiger partial charge >= 0.3 is 6.18 Å². The van der Waals surface area contributed by atoms with E-state index in [1.54, 1.807) is 0 Å². The van der Waals surface area contributed by atoms with Crippen LogP contribution in [0, 0.1) is 5.92 Å². The summed E-state index contributed by atoms with van der Waals surface area (Å²) in [5.41, 5.74) is 3.32. The first-order valence-corrected chi connectivity index (χ1v) is 5.82. The molecule has 3 N–H and O–H groups in total. The van der Waals surface area contributed by atoms with Crippen molar-refractivity contribution in [3.8, 4) is 0 Å². The number of alkyl halides is 3. The highest BCUT2D eigenvalue weighted by Gasteiger charge is 2.64. The average Bonchev–Trinajstić information content (AvgIpc) is 2.93. The molecule has 0 bridgehead atoms. The number of nitrogens with two attached hydrogens (primary N) is 1. The molecule has 98 valence electrons. The van der Waals surface area contributed by atoms with Gasteiger partial charge < -0.3 is 11.1 Å². The summed E-state index contributed by atoms with van der Waals surface area (Å²) >= 11 is 4.70. The second-order valence-electron chi connectivity index (χ2n) is 4.31. The number of hydrogen-bond donors (Lipinski definition) is 2. The van der Waals surface area contributed by atoms with Crippen molar-refractivity contribution in [2.24, 2.45) is 11.7 Å². The number of carbonyl (C=O) groups excluding carboxylic acids is 1. The van der Waals surface area contributed by atoms with Crippen LogP contribution in [0.5, 0.6) is 0 Å². The third-order valence-electron chi connectivity index (χ3n) is 2.89. The molecule has 1 atom stereocenters. The minimum Gasteiger partial charge on any atom is -0.393 e. The number of rotatable bonds is 5. The summed E-state index contributed by atoms with van der Waals surface area (Å²) in [6.07, 6.45) is -3.55. The van der Waals surface area contributed by atoms with Crippen LogP contribution < -0.4 is 11.1 Å². The Hall–Kier alpha value is -0.850. The van der Waals surface area contributed by atoms with Gasteiger partial charge in [-0.05, 0) is 19.3 Å². The molecule has 1 amide bonds. The maximum absolute atomic E-state index is 12.6. The standard InChI is InChI=1S/C10H15F3N2OS/c1-2-3-6(7(14)17)8(16)15-9(4-5-9)10(11,12)13/h6H,2-5H2,1H3,(H2,14,17)(H,15,16). The van der Waals surface area contributed by atoms with Gasteiger partial charge in [0.2, 0.25) is 5.91 Å². The minimum atomic E-state index is -4.41. The third kappa shape index (κ3) is 3.08. The van der Waals surface area contributed by atoms with Gasteiger partial charge in [-0.15, -0.1) is 0 Å². The lowest BCUT2D eigenvalue weighted by molar-refractivity contribution is -0.171. The molecule has 3 nitrogen and oxygen atoms in total. The lowest BCUT2D eigenvalue weighted by Crippen LogP contribution is -2.51. The SMILES string of the molecule is CCCC(C(=O)NC1(C(F)(F)F)CC1)C(N)=S. The molecule has 0 aromatic carbocycles. The second-order valence-corrected chi connectivity index (χ2v) is 4.78. The van der Waals surface area contributed by atoms with E-state index in [9.17, 15) is 18.0 Å². The van der Waals surface area contributed by atoms with Crippen molar-refractivity contribution >= 4 is 23.1 Å². The molecule has 7 heteroatoms. The summed E-state index contributed by atoms with van der Waals surface area (Å²) in [4.78, 5) is 11.6. The van der Waals surface area contributed by atoms with Gasteiger partial charge in [0.15, 0.2) is 0 Å². The molecule has 1 saturated carbocycles. The summed E-state index contributed by atoms with van der Waals surface area (Å²) in [5, 5.41) is 2.04. The van der Waals surface area contributed by atoms with Crippen molar-refractivity contribution in [2.75, 3.05) is 0 Å². The van der Waals surface area contributed by atoms with E-state index in [0.29, 0.717) is 12.8 Å². The van der Waals surface area contributed by atoms with Crippen LogP contribution in [-0.2, 0) is 4.79 Å². The predicted molar refractivity (Wildman–Crippen MR) is 61.3 cm³/mol. The summed E-state index contributed by atoms with van der Waals surface area (Å²) in [7, 11) is 0. The number of carbonyl (C=O) groups is 1. The molecule has 0 radical (unpaired) electrons. The number of hydrogen-bond acceptors (Lipinski definition) is 2. The highest BCUT2D eigenvalue weighted by atomic mass is 32.1. The highest BCUT2D eigenvalue weighted by molar-refractivity contribution is 7.80. The topological polar surface area (TPSA) is 55.1 Å². The van der Waals surface area contributed by atoms with Crippen LogP contribution in [0.15, 0.2) is 0 Å². The summed E-state index contributed by atoms with van der Waals surface area (Å²) < 4.78 is 37.9. The predicted octanol–water partition coefficient (Wildman–Crippen LogP) is 1.90. The Kier molecular flexibility index (Phi) is 4.01. The van der Waals surface area contributed by atoms with E-state index in [4.69, 9.17) is 18.0 Å². The molecule has 1 fully saturated rings. The molecule has 0 aromatic rings. The van der Waals surface area contributed by atoms with Crippen molar-refractivity contribution in [1.29, 1.82) is 0 Å². The van der Waals surface area contributed by atoms with E-state index in [-0.39, 0.29) is 17.8 Å². The fourth-order valence-electron chi connectivity index (χ4n) is 1.62. The first-order valence-electron chi connectivity index (χ1n) is 5.41. The van der Waals surface area contributed by atoms with E-state index in [1.165, 1.54) is 0 Å². The quantitative estimate of drug-likeness (QED) is 0.749. The lowest BCUT2D eigenvalue weighted by Gasteiger charge is -2.23. The normalized spacial score (nSPS) is 19.5. The first-order chi connectivity index (χ1) is 7.73. The highest BCUT2D eigenvalue weighted by Crippen LogP contribution is 2.49. The van der Waals surface area contributed by atoms with Crippen molar-refractivity contribution in [2.45, 2.75) is 44.3 Å². The van der Waals surface area contributed by atoms with Crippen LogP contribution in [-0.4, -0.2) is 22.6 Å². The Labute approximate surface area is 103 Å². The smallest absolute Gasteiger partial charge is 0.393 e. The van der Waals surface area contributed by atoms with Crippen LogP contribution >= 0.6 is 12.2 Å². The maximum atomic E-state index is 12.6. The Morgan fingerprint density at radius 3 is 2.35 bits per heavy atom. The summed E-state index contributed by atoms with van der Waals surface area (Å²) in [6.45, 7) is 1.81. The Morgan fingerprint density at radius 2 is 2.06 bits per heavy atom. The van der Waals surface area contributed by atoms with Gasteiger partial charge in [0.05, 0.1) is 10.9 Å². The zero-order valence-corrected chi connectivity index (χ0v) is 10.3. The van der Waals surface area contributed by atoms with E-state index in [0.717, 1.165) is 0 Å². The molecule has 0 aromatic heterocycles. The first kappa shape index (κ1) is 14.2. The molecule has 1 unspecified atom stereocenters. The Balaban J connectivity index is 2.68. The molecule has 0 spiro atoms. The average molecular weight is 268 g/mol. The number of amides is 1. The maximum Gasteiger partial charge on any atom is 0.411 e. The third-order valence-corrected chi connectivity index (χ3v) is 3.18. The minimum absolute atomic E-state index is 0.0534. The van der Waals surface area contributed by atoms with Gasteiger partial charge in [-0.3, -0.25) is 4.79 Å². The molecule has 1 rings (SSSR count). The zero-order chi connectivity index (χ0) is 13.3. The zero-order valence-electron chi connectivity index (χ0n) is 9.43. The van der Waals surface area contributed by atoms with Gasteiger partial charge in [0.25, 0.3) is 0 Å². The van der Waals surface area contributed by atoms with Gasteiger partial charge in [-0.1, -0.05) is 25.6 Å². The molecule has 1 aliphatic rings. The fourth-order valence-corrected chi connectivity index (χ4v) is 1.84. The lowest BCUT2D eigenvalue weighted by atomic mass is 10.0. The van der Waals surface area contributed by atoms with Gasteiger partial charge in [-0.2, -0.15) is 13.2 Å². The largest absolute Gasteiger partial charge is 0.411 e. The Morgan fingerprint density at radius 1 is 1.53 bits per heavy atom. The molecular formula is C10H15F3N2OS. The van der Waals surface area contributed by atoms with Crippen molar-refractivity contribution in [3.63, 3.8) is 0 Å². The summed E-state index contributed by atoms with van der Waals surface area (Å²) in [5.74, 6) is -1.52. The molecule has 17 heavy (non-hydrogen) atoms. The summed E-state index contributed by atoms with van der Waals surface area (Å²) in [6, 6.07) is 0. The van der Waals surface area contributed by atoms with Crippen molar-refractivity contribution < 1.29 is 18.0 Å². The van der Waals surface area contributed by atoms with Gasteiger partial charge in [0, 0.05) is 0 Å². The van der Waals surface area contributed by atoms with E-state index in [2.05, 4.69) is 0 Å². The van der Waals surface area contributed by atoms with Crippen LogP contribution in [0.1, 0.15) is 32.6 Å². The second kappa shape index (κ2) is 4.80. The van der Waals surface area contributed by atoms with Crippen LogP contribution in [0.25, 0.3) is 0 Å². The van der Waals surface area contributed by atoms with Crippen molar-refractivity contribution in [3.05, 3.63) is 0 Å². The van der Waals surface area contributed by atoms with Crippen molar-refractivity contribution in [1.82, 2.24) is 5.32 Å². The number of halogens is 3. The van der Waals surface area contributed by atoms with Gasteiger partial charge in [-0.25, -0.2) is 0 Å². The molecule has 0 saturated heterocycles. The number of thiocarbonyl (C=S) groups is 1. The van der Waals surface area contributed by atoms with Crippen LogP contribution in [0.2, 0.25) is 0 Å². The molecule has 0 aliphatic heterocycles. The van der Waals surface area contributed by atoms with E-state index in [1.807, 2.05) is 12.2 Å². The van der Waals surface area contributed by atoms with E-state index >= 15 is 0 Å². The molecule has 0 heterocycles. The monoisotopic (exact) mass is 268 g/mol. The Bertz CT molecular complexity index is 326. The van der Waals surface area contributed by atoms with E-state index < -0.39 is 23.5 Å². The molecule has 1 aliphatic carbocycles. The van der Waals surface area contributed by atoms with Gasteiger partial charge in [0.1, 0.15) is 5.54 Å². The fraction of sp³-hybridized carbons (Fsp3) is 0.800. The number of nitrogens with one attached hydrogen (secondary N) is 1. The molecular weight excluding hydrogens is 253 g/mol. The van der Waals surface area contributed by atoms with Crippen LogP contribution in [0.4, 0.5) is 13.2 Å².